The van der Waals surface area contributed by atoms with Gasteiger partial charge in [0.15, 0.2) is 17.5 Å². The van der Waals surface area contributed by atoms with E-state index in [2.05, 4.69) is 10.3 Å². The normalized spacial score (nSPS) is 12.9. The number of halogens is 3. The number of nitrogens with one attached hydrogen (secondary N) is 1. The topological polar surface area (TPSA) is 108 Å². The number of hydrogen-bond acceptors (Lipinski definition) is 6. The maximum Gasteiger partial charge on any atom is 0.268 e. The van der Waals surface area contributed by atoms with Crippen molar-refractivity contribution in [3.63, 3.8) is 0 Å². The number of hydrogen-bond donors (Lipinski definition) is 2. The number of fused-ring (bicyclic) bond motifs is 1. The summed E-state index contributed by atoms with van der Waals surface area (Å²) in [5, 5.41) is 22.2. The maximum atomic E-state index is 15.1. The molecule has 4 rings (SSSR count). The van der Waals surface area contributed by atoms with Crippen LogP contribution in [0.2, 0.25) is 0 Å². The molecule has 2 aromatic heterocycles. The van der Waals surface area contributed by atoms with E-state index in [4.69, 9.17) is 0 Å². The largest absolute Gasteiger partial charge is 0.394 e. The highest BCUT2D eigenvalue weighted by Gasteiger charge is 2.29. The molecule has 0 aliphatic carbocycles. The number of aliphatic hydroxyl groups is 1. The monoisotopic (exact) mass is 542 g/mol. The van der Waals surface area contributed by atoms with Gasteiger partial charge in [0.25, 0.3) is 10.0 Å². The Morgan fingerprint density at radius 1 is 1.11 bits per heavy atom. The molecule has 0 fully saturated rings. The Bertz CT molecular complexity index is 1690. The van der Waals surface area contributed by atoms with Crippen LogP contribution in [0.1, 0.15) is 31.9 Å². The van der Waals surface area contributed by atoms with E-state index >= 15 is 4.39 Å². The lowest BCUT2D eigenvalue weighted by molar-refractivity contribution is 0.201. The Morgan fingerprint density at radius 2 is 1.76 bits per heavy atom. The van der Waals surface area contributed by atoms with E-state index < -0.39 is 44.4 Å². The van der Waals surface area contributed by atoms with Gasteiger partial charge in [0.2, 0.25) is 0 Å². The molecular formula is C27H25F3N4O3S. The summed E-state index contributed by atoms with van der Waals surface area (Å²) in [4.78, 5) is 4.09. The van der Waals surface area contributed by atoms with Gasteiger partial charge >= 0.3 is 0 Å². The van der Waals surface area contributed by atoms with Crippen molar-refractivity contribution in [1.29, 1.82) is 5.26 Å². The number of rotatable bonds is 6. The van der Waals surface area contributed by atoms with Crippen LogP contribution in [0.25, 0.3) is 22.2 Å². The van der Waals surface area contributed by atoms with Gasteiger partial charge in [0.1, 0.15) is 17.4 Å². The fourth-order valence-corrected chi connectivity index (χ4v) is 5.41. The van der Waals surface area contributed by atoms with Gasteiger partial charge in [-0.3, -0.25) is 0 Å². The van der Waals surface area contributed by atoms with Crippen molar-refractivity contribution in [3.05, 3.63) is 77.2 Å². The van der Waals surface area contributed by atoms with E-state index in [-0.39, 0.29) is 39.5 Å². The SMILES string of the molecule is Cc1ccc(S(=O)(=O)n2cc(-c3nc(N[C@H](CO)C(C)(C)C)c(F)cc3C#N)c3cc(F)cc(F)c32)cc1. The fraction of sp³-hybridized carbons (Fsp3) is 0.259. The smallest absolute Gasteiger partial charge is 0.268 e. The Morgan fingerprint density at radius 3 is 2.34 bits per heavy atom. The molecule has 2 aromatic carbocycles. The van der Waals surface area contributed by atoms with Crippen LogP contribution in [-0.4, -0.2) is 35.1 Å². The number of aryl methyl sites for hydroxylation is 1. The summed E-state index contributed by atoms with van der Waals surface area (Å²) in [6.07, 6.45) is 1.04. The predicted octanol–water partition coefficient (Wildman–Crippen LogP) is 5.36. The van der Waals surface area contributed by atoms with E-state index in [1.165, 1.54) is 12.1 Å². The molecule has 0 aliphatic heterocycles. The molecule has 0 saturated heterocycles. The molecule has 0 unspecified atom stereocenters. The summed E-state index contributed by atoms with van der Waals surface area (Å²) >= 11 is 0. The second-order valence-electron chi connectivity index (χ2n) is 10.0. The molecule has 0 radical (unpaired) electrons. The van der Waals surface area contributed by atoms with Crippen LogP contribution >= 0.6 is 0 Å². The molecule has 1 atom stereocenters. The van der Waals surface area contributed by atoms with Crippen LogP contribution in [0.15, 0.2) is 53.6 Å². The molecular weight excluding hydrogens is 517 g/mol. The van der Waals surface area contributed by atoms with Crippen LogP contribution < -0.4 is 5.32 Å². The van der Waals surface area contributed by atoms with Gasteiger partial charge in [-0.2, -0.15) is 5.26 Å². The number of anilines is 1. The van der Waals surface area contributed by atoms with Crippen molar-refractivity contribution in [1.82, 2.24) is 8.96 Å². The Balaban J connectivity index is 2.01. The summed E-state index contributed by atoms with van der Waals surface area (Å²) < 4.78 is 72.1. The number of aliphatic hydroxyl groups excluding tert-OH is 1. The number of aromatic nitrogens is 2. The van der Waals surface area contributed by atoms with Gasteiger partial charge in [-0.1, -0.05) is 38.5 Å². The van der Waals surface area contributed by atoms with Crippen LogP contribution in [0.5, 0.6) is 0 Å². The average Bonchev–Trinajstić information content (AvgIpc) is 3.23. The van der Waals surface area contributed by atoms with E-state index in [0.717, 1.165) is 23.9 Å². The third-order valence-corrected chi connectivity index (χ3v) is 7.93. The Kier molecular flexibility index (Phi) is 6.99. The average molecular weight is 543 g/mol. The van der Waals surface area contributed by atoms with Gasteiger partial charge in [-0.15, -0.1) is 0 Å². The van der Waals surface area contributed by atoms with E-state index in [9.17, 15) is 27.6 Å². The number of nitrogens with zero attached hydrogens (tertiary/aromatic N) is 3. The van der Waals surface area contributed by atoms with Gasteiger partial charge in [-0.25, -0.2) is 30.5 Å². The van der Waals surface area contributed by atoms with Crippen molar-refractivity contribution < 1.29 is 26.7 Å². The summed E-state index contributed by atoms with van der Waals surface area (Å²) in [6.45, 7) is 6.87. The number of pyridine rings is 1. The van der Waals surface area contributed by atoms with E-state index in [1.54, 1.807) is 19.1 Å². The summed E-state index contributed by atoms with van der Waals surface area (Å²) in [7, 11) is -4.36. The first-order valence-corrected chi connectivity index (χ1v) is 13.0. The van der Waals surface area contributed by atoms with Crippen molar-refractivity contribution in [2.45, 2.75) is 38.6 Å². The van der Waals surface area contributed by atoms with Gasteiger partial charge in [0.05, 0.1) is 28.8 Å². The highest BCUT2D eigenvalue weighted by atomic mass is 32.2. The first kappa shape index (κ1) is 27.2. The molecule has 2 N–H and O–H groups in total. The van der Waals surface area contributed by atoms with Gasteiger partial charge < -0.3 is 10.4 Å². The molecule has 11 heteroatoms. The van der Waals surface area contributed by atoms with Crippen LogP contribution in [0, 0.1) is 41.1 Å². The van der Waals surface area contributed by atoms with Crippen LogP contribution in [0.4, 0.5) is 19.0 Å². The lowest BCUT2D eigenvalue weighted by Crippen LogP contribution is -2.37. The van der Waals surface area contributed by atoms with Crippen LogP contribution in [0.3, 0.4) is 0 Å². The summed E-state index contributed by atoms with van der Waals surface area (Å²) in [5.41, 5.74) is -0.711. The zero-order chi connectivity index (χ0) is 28.0. The molecule has 38 heavy (non-hydrogen) atoms. The van der Waals surface area contributed by atoms with E-state index in [0.29, 0.717) is 10.0 Å². The standard InChI is InChI=1S/C27H25F3N4O3S/c1-15-5-7-18(8-6-15)38(36,37)34-13-20(19-10-17(28)11-21(29)25(19)34)24-16(12-31)9-22(30)26(33-24)32-23(14-35)27(2,3)4/h5-11,13,23,35H,14H2,1-4H3,(H,32,33)/t23-/m1/s1. The third kappa shape index (κ3) is 4.85. The van der Waals surface area contributed by atoms with Gasteiger partial charge in [-0.05, 0) is 36.6 Å². The highest BCUT2D eigenvalue weighted by molar-refractivity contribution is 7.90. The third-order valence-electron chi connectivity index (χ3n) is 6.25. The zero-order valence-electron chi connectivity index (χ0n) is 21.1. The Labute approximate surface area is 218 Å². The second kappa shape index (κ2) is 9.78. The lowest BCUT2D eigenvalue weighted by atomic mass is 9.87. The quantitative estimate of drug-likeness (QED) is 0.340. The molecule has 0 spiro atoms. The highest BCUT2D eigenvalue weighted by Crippen LogP contribution is 2.37. The van der Waals surface area contributed by atoms with Crippen molar-refractivity contribution in [3.8, 4) is 17.3 Å². The zero-order valence-corrected chi connectivity index (χ0v) is 21.9. The van der Waals surface area contributed by atoms with Crippen molar-refractivity contribution in [2.24, 2.45) is 5.41 Å². The Hall–Kier alpha value is -3.88. The molecule has 4 aromatic rings. The molecule has 0 saturated carbocycles. The maximum absolute atomic E-state index is 15.1. The summed E-state index contributed by atoms with van der Waals surface area (Å²) in [5.74, 6) is -3.32. The predicted molar refractivity (Wildman–Crippen MR) is 137 cm³/mol. The summed E-state index contributed by atoms with van der Waals surface area (Å²) in [6, 6.07) is 9.44. The van der Waals surface area contributed by atoms with E-state index in [1.807, 2.05) is 26.8 Å². The van der Waals surface area contributed by atoms with Gasteiger partial charge in [0, 0.05) is 23.2 Å². The molecule has 198 valence electrons. The first-order valence-electron chi connectivity index (χ1n) is 11.6. The minimum absolute atomic E-state index is 0.0926. The fourth-order valence-electron chi connectivity index (χ4n) is 4.03. The number of benzene rings is 2. The first-order chi connectivity index (χ1) is 17.8. The van der Waals surface area contributed by atoms with Crippen molar-refractivity contribution in [2.75, 3.05) is 11.9 Å². The molecule has 0 amide bonds. The molecule has 2 heterocycles. The lowest BCUT2D eigenvalue weighted by Gasteiger charge is -2.30. The minimum Gasteiger partial charge on any atom is -0.394 e. The molecule has 7 nitrogen and oxygen atoms in total. The van der Waals surface area contributed by atoms with Crippen molar-refractivity contribution >= 4 is 26.7 Å². The molecule has 0 bridgehead atoms. The molecule has 0 aliphatic rings. The number of nitriles is 1. The minimum atomic E-state index is -4.36. The van der Waals surface area contributed by atoms with Crippen LogP contribution in [-0.2, 0) is 10.0 Å². The second-order valence-corrected chi connectivity index (χ2v) is 11.8.